The Hall–Kier alpha value is -1.74. The van der Waals surface area contributed by atoms with Crippen LogP contribution >= 0.6 is 11.3 Å². The average Bonchev–Trinajstić information content (AvgIpc) is 3.28. The maximum atomic E-state index is 13.1. The van der Waals surface area contributed by atoms with E-state index in [1.807, 2.05) is 13.8 Å². The quantitative estimate of drug-likeness (QED) is 0.729. The van der Waals surface area contributed by atoms with Crippen LogP contribution in [0.15, 0.2) is 11.1 Å². The summed E-state index contributed by atoms with van der Waals surface area (Å²) in [5.41, 5.74) is 0.932. The zero-order valence-corrected chi connectivity index (χ0v) is 17.8. The third-order valence-electron chi connectivity index (χ3n) is 5.53. The van der Waals surface area contributed by atoms with E-state index in [2.05, 4.69) is 4.98 Å². The molecule has 2 aromatic heterocycles. The van der Waals surface area contributed by atoms with Crippen LogP contribution in [-0.4, -0.2) is 52.9 Å². The van der Waals surface area contributed by atoms with Gasteiger partial charge < -0.3 is 4.90 Å². The molecule has 0 spiro atoms. The molecule has 0 saturated carbocycles. The molecule has 0 radical (unpaired) electrons. The number of fused-ring (bicyclic) bond motifs is 3. The number of carbonyl (C=O) groups is 1. The molecule has 0 aromatic carbocycles. The second-order valence-corrected chi connectivity index (χ2v) is 11.5. The Morgan fingerprint density at radius 1 is 1.39 bits per heavy atom. The highest BCUT2D eigenvalue weighted by molar-refractivity contribution is 7.91. The highest BCUT2D eigenvalue weighted by atomic mass is 32.2. The van der Waals surface area contributed by atoms with Gasteiger partial charge in [0.05, 0.1) is 23.2 Å². The maximum Gasteiger partial charge on any atom is 0.262 e. The minimum Gasteiger partial charge on any atom is -0.337 e. The zero-order chi connectivity index (χ0) is 20.1. The van der Waals surface area contributed by atoms with Crippen LogP contribution in [-0.2, 0) is 34.0 Å². The first-order valence-electron chi connectivity index (χ1n) is 9.75. The van der Waals surface area contributed by atoms with Gasteiger partial charge in [-0.1, -0.05) is 13.8 Å². The summed E-state index contributed by atoms with van der Waals surface area (Å²) < 4.78 is 25.2. The van der Waals surface area contributed by atoms with E-state index in [9.17, 15) is 18.0 Å². The molecule has 9 heteroatoms. The van der Waals surface area contributed by atoms with Crippen molar-refractivity contribution < 1.29 is 13.2 Å². The lowest BCUT2D eigenvalue weighted by atomic mass is 10.1. The van der Waals surface area contributed by atoms with Crippen LogP contribution in [0.4, 0.5) is 0 Å². The molecular weight excluding hydrogens is 398 g/mol. The molecule has 1 saturated heterocycles. The van der Waals surface area contributed by atoms with Gasteiger partial charge in [-0.25, -0.2) is 13.4 Å². The third kappa shape index (κ3) is 3.61. The molecule has 0 N–H and O–H groups in total. The van der Waals surface area contributed by atoms with Crippen molar-refractivity contribution in [1.29, 1.82) is 0 Å². The third-order valence-corrected chi connectivity index (χ3v) is 8.48. The molecule has 1 unspecified atom stereocenters. The minimum atomic E-state index is -3.09. The van der Waals surface area contributed by atoms with Gasteiger partial charge in [0.25, 0.3) is 5.56 Å². The van der Waals surface area contributed by atoms with Crippen molar-refractivity contribution in [2.45, 2.75) is 52.1 Å². The Labute approximate surface area is 168 Å². The maximum absolute atomic E-state index is 13.1. The first kappa shape index (κ1) is 19.6. The molecule has 1 aliphatic heterocycles. The molecule has 1 aliphatic carbocycles. The van der Waals surface area contributed by atoms with E-state index < -0.39 is 9.84 Å². The largest absolute Gasteiger partial charge is 0.337 e. The summed E-state index contributed by atoms with van der Waals surface area (Å²) in [6.45, 7) is 4.38. The number of hydrogen-bond acceptors (Lipinski definition) is 6. The number of sulfone groups is 1. The normalized spacial score (nSPS) is 20.8. The molecule has 1 atom stereocenters. The molecule has 2 aromatic rings. The summed E-state index contributed by atoms with van der Waals surface area (Å²) in [5.74, 6) is 0.125. The van der Waals surface area contributed by atoms with Crippen molar-refractivity contribution in [3.63, 3.8) is 0 Å². The van der Waals surface area contributed by atoms with Gasteiger partial charge in [-0.3, -0.25) is 14.2 Å². The number of aromatic nitrogens is 2. The van der Waals surface area contributed by atoms with Crippen LogP contribution in [0, 0.1) is 5.92 Å². The predicted octanol–water partition coefficient (Wildman–Crippen LogP) is 1.62. The second kappa shape index (κ2) is 7.26. The Kier molecular flexibility index (Phi) is 5.07. The number of thiophene rings is 1. The molecular formula is C19H25N3O4S2. The van der Waals surface area contributed by atoms with Crippen molar-refractivity contribution in [2.24, 2.45) is 5.92 Å². The second-order valence-electron chi connectivity index (χ2n) is 8.21. The number of hydrogen-bond donors (Lipinski definition) is 0. The number of rotatable bonds is 5. The molecule has 2 aliphatic rings. The standard InChI is InChI=1S/C19H25N3O4S2/c1-12(2)8-22(13-6-7-28(25,26)10-13)16(23)9-21-11-20-18-17(19(21)24)14-4-3-5-15(14)27-18/h11-13H,3-10H2,1-2H3. The van der Waals surface area contributed by atoms with Gasteiger partial charge in [0.1, 0.15) is 11.4 Å². The monoisotopic (exact) mass is 423 g/mol. The highest BCUT2D eigenvalue weighted by Crippen LogP contribution is 2.34. The van der Waals surface area contributed by atoms with Gasteiger partial charge in [0, 0.05) is 17.5 Å². The number of carbonyl (C=O) groups excluding carboxylic acids is 1. The highest BCUT2D eigenvalue weighted by Gasteiger charge is 2.35. The fourth-order valence-electron chi connectivity index (χ4n) is 4.24. The van der Waals surface area contributed by atoms with Gasteiger partial charge in [-0.15, -0.1) is 11.3 Å². The van der Waals surface area contributed by atoms with E-state index in [-0.39, 0.29) is 41.5 Å². The van der Waals surface area contributed by atoms with Crippen molar-refractivity contribution >= 4 is 37.3 Å². The van der Waals surface area contributed by atoms with E-state index in [0.717, 1.165) is 29.7 Å². The van der Waals surface area contributed by atoms with Crippen LogP contribution in [0.1, 0.15) is 37.1 Å². The molecule has 1 amide bonds. The summed E-state index contributed by atoms with van der Waals surface area (Å²) in [4.78, 5) is 34.1. The van der Waals surface area contributed by atoms with Gasteiger partial charge in [-0.2, -0.15) is 0 Å². The lowest BCUT2D eigenvalue weighted by Gasteiger charge is -2.30. The van der Waals surface area contributed by atoms with E-state index in [0.29, 0.717) is 18.4 Å². The lowest BCUT2D eigenvalue weighted by Crippen LogP contribution is -2.45. The van der Waals surface area contributed by atoms with Gasteiger partial charge >= 0.3 is 0 Å². The fourth-order valence-corrected chi connectivity index (χ4v) is 7.19. The van der Waals surface area contributed by atoms with Gasteiger partial charge in [0.15, 0.2) is 9.84 Å². The Balaban J connectivity index is 1.62. The molecule has 3 heterocycles. The SMILES string of the molecule is CC(C)CN(C(=O)Cn1cnc2sc3c(c2c1=O)CCC3)C1CCS(=O)(=O)C1. The van der Waals surface area contributed by atoms with Crippen LogP contribution in [0.3, 0.4) is 0 Å². The number of nitrogens with zero attached hydrogens (tertiary/aromatic N) is 3. The van der Waals surface area contributed by atoms with E-state index in [1.165, 1.54) is 15.8 Å². The van der Waals surface area contributed by atoms with Crippen LogP contribution in [0.25, 0.3) is 10.2 Å². The molecule has 7 nitrogen and oxygen atoms in total. The molecule has 152 valence electrons. The first-order valence-corrected chi connectivity index (χ1v) is 12.4. The summed E-state index contributed by atoms with van der Waals surface area (Å²) in [7, 11) is -3.09. The molecule has 0 bridgehead atoms. The van der Waals surface area contributed by atoms with Gasteiger partial charge in [-0.05, 0) is 37.2 Å². The average molecular weight is 424 g/mol. The summed E-state index contributed by atoms with van der Waals surface area (Å²) in [6.07, 6.45) is 4.86. The Morgan fingerprint density at radius 2 is 2.18 bits per heavy atom. The Bertz CT molecular complexity index is 1080. The number of aryl methyl sites for hydroxylation is 2. The summed E-state index contributed by atoms with van der Waals surface area (Å²) in [5, 5.41) is 0.659. The predicted molar refractivity (Wildman–Crippen MR) is 110 cm³/mol. The van der Waals surface area contributed by atoms with Crippen molar-refractivity contribution in [3.8, 4) is 0 Å². The first-order chi connectivity index (χ1) is 13.2. The smallest absolute Gasteiger partial charge is 0.262 e. The Morgan fingerprint density at radius 3 is 2.86 bits per heavy atom. The van der Waals surface area contributed by atoms with E-state index in [4.69, 9.17) is 0 Å². The van der Waals surface area contributed by atoms with E-state index in [1.54, 1.807) is 16.2 Å². The topological polar surface area (TPSA) is 89.3 Å². The van der Waals surface area contributed by atoms with Crippen LogP contribution in [0.2, 0.25) is 0 Å². The molecule has 28 heavy (non-hydrogen) atoms. The van der Waals surface area contributed by atoms with Crippen molar-refractivity contribution in [3.05, 3.63) is 27.1 Å². The molecule has 4 rings (SSSR count). The van der Waals surface area contributed by atoms with Crippen molar-refractivity contribution in [2.75, 3.05) is 18.1 Å². The lowest BCUT2D eigenvalue weighted by molar-refractivity contribution is -0.134. The van der Waals surface area contributed by atoms with E-state index >= 15 is 0 Å². The number of amides is 1. The fraction of sp³-hybridized carbons (Fsp3) is 0.632. The summed E-state index contributed by atoms with van der Waals surface area (Å²) in [6, 6.07) is -0.308. The minimum absolute atomic E-state index is 0.00961. The zero-order valence-electron chi connectivity index (χ0n) is 16.2. The van der Waals surface area contributed by atoms with Crippen molar-refractivity contribution in [1.82, 2.24) is 14.5 Å². The molecule has 1 fully saturated rings. The van der Waals surface area contributed by atoms with Crippen LogP contribution in [0.5, 0.6) is 0 Å². The van der Waals surface area contributed by atoms with Gasteiger partial charge in [0.2, 0.25) is 5.91 Å². The van der Waals surface area contributed by atoms with Crippen LogP contribution < -0.4 is 5.56 Å². The summed E-state index contributed by atoms with van der Waals surface area (Å²) >= 11 is 1.58.